The zero-order chi connectivity index (χ0) is 9.03. The van der Waals surface area contributed by atoms with Crippen molar-refractivity contribution in [3.63, 3.8) is 0 Å². The molecule has 0 saturated heterocycles. The SMILES string of the molecule is O=C(O)C1(F)C=CCCCCC1. The van der Waals surface area contributed by atoms with Gasteiger partial charge in [0.15, 0.2) is 0 Å². The van der Waals surface area contributed by atoms with Crippen LogP contribution in [0.3, 0.4) is 0 Å². The first-order valence-corrected chi connectivity index (χ1v) is 4.25. The molecule has 68 valence electrons. The van der Waals surface area contributed by atoms with E-state index in [-0.39, 0.29) is 6.42 Å². The molecular weight excluding hydrogens is 159 g/mol. The van der Waals surface area contributed by atoms with Gasteiger partial charge in [-0.15, -0.1) is 0 Å². The fourth-order valence-electron chi connectivity index (χ4n) is 1.35. The van der Waals surface area contributed by atoms with Gasteiger partial charge in [0, 0.05) is 0 Å². The summed E-state index contributed by atoms with van der Waals surface area (Å²) in [7, 11) is 0. The summed E-state index contributed by atoms with van der Waals surface area (Å²) in [5.41, 5.74) is -2.11. The molecule has 0 spiro atoms. The molecule has 1 N–H and O–H groups in total. The topological polar surface area (TPSA) is 37.3 Å². The highest BCUT2D eigenvalue weighted by Crippen LogP contribution is 2.25. The Kier molecular flexibility index (Phi) is 2.84. The molecule has 1 atom stereocenters. The fraction of sp³-hybridized carbons (Fsp3) is 0.667. The summed E-state index contributed by atoms with van der Waals surface area (Å²) >= 11 is 0. The van der Waals surface area contributed by atoms with Crippen LogP contribution in [-0.4, -0.2) is 16.7 Å². The first-order chi connectivity index (χ1) is 5.65. The largest absolute Gasteiger partial charge is 0.479 e. The van der Waals surface area contributed by atoms with Crippen molar-refractivity contribution in [2.45, 2.75) is 37.8 Å². The lowest BCUT2D eigenvalue weighted by atomic mass is 9.94. The van der Waals surface area contributed by atoms with E-state index in [4.69, 9.17) is 5.11 Å². The maximum atomic E-state index is 13.4. The molecule has 0 aromatic carbocycles. The number of hydrogen-bond acceptors (Lipinski definition) is 1. The molecule has 0 aromatic rings. The summed E-state index contributed by atoms with van der Waals surface area (Å²) in [6, 6.07) is 0. The predicted octanol–water partition coefficient (Wildman–Crippen LogP) is 2.30. The molecule has 0 amide bonds. The van der Waals surface area contributed by atoms with Crippen LogP contribution in [0.2, 0.25) is 0 Å². The Morgan fingerprint density at radius 3 is 2.83 bits per heavy atom. The van der Waals surface area contributed by atoms with Gasteiger partial charge in [0.25, 0.3) is 0 Å². The molecular formula is C9H13FO2. The van der Waals surface area contributed by atoms with Gasteiger partial charge in [0.2, 0.25) is 5.67 Å². The van der Waals surface area contributed by atoms with Gasteiger partial charge in [0.1, 0.15) is 0 Å². The zero-order valence-electron chi connectivity index (χ0n) is 6.92. The average Bonchev–Trinajstić information content (AvgIpc) is 1.97. The normalized spacial score (nSPS) is 30.8. The highest BCUT2D eigenvalue weighted by molar-refractivity contribution is 5.79. The van der Waals surface area contributed by atoms with Crippen molar-refractivity contribution in [3.05, 3.63) is 12.2 Å². The molecule has 1 rings (SSSR count). The zero-order valence-corrected chi connectivity index (χ0v) is 6.92. The lowest BCUT2D eigenvalue weighted by Crippen LogP contribution is -2.31. The smallest absolute Gasteiger partial charge is 0.345 e. The van der Waals surface area contributed by atoms with E-state index in [1.807, 2.05) is 0 Å². The summed E-state index contributed by atoms with van der Waals surface area (Å²) in [6.07, 6.45) is 6.34. The molecule has 0 heterocycles. The van der Waals surface area contributed by atoms with E-state index in [2.05, 4.69) is 0 Å². The van der Waals surface area contributed by atoms with Gasteiger partial charge in [-0.3, -0.25) is 0 Å². The van der Waals surface area contributed by atoms with Gasteiger partial charge in [-0.05, 0) is 31.8 Å². The van der Waals surface area contributed by atoms with Crippen molar-refractivity contribution >= 4 is 5.97 Å². The van der Waals surface area contributed by atoms with E-state index < -0.39 is 11.6 Å². The molecule has 1 aliphatic rings. The molecule has 0 fully saturated rings. The van der Waals surface area contributed by atoms with Gasteiger partial charge < -0.3 is 5.11 Å². The number of allylic oxidation sites excluding steroid dienone is 1. The molecule has 0 aliphatic heterocycles. The van der Waals surface area contributed by atoms with Crippen LogP contribution in [0, 0.1) is 0 Å². The quantitative estimate of drug-likeness (QED) is 0.616. The highest BCUT2D eigenvalue weighted by Gasteiger charge is 2.35. The lowest BCUT2D eigenvalue weighted by molar-refractivity contribution is -0.148. The number of halogens is 1. The van der Waals surface area contributed by atoms with E-state index in [9.17, 15) is 9.18 Å². The van der Waals surface area contributed by atoms with Crippen LogP contribution < -0.4 is 0 Å². The van der Waals surface area contributed by atoms with Crippen molar-refractivity contribution in [3.8, 4) is 0 Å². The van der Waals surface area contributed by atoms with Gasteiger partial charge in [-0.1, -0.05) is 12.5 Å². The molecule has 12 heavy (non-hydrogen) atoms. The molecule has 3 heteroatoms. The number of carboxylic acid groups (broad SMARTS) is 1. The van der Waals surface area contributed by atoms with Gasteiger partial charge in [0.05, 0.1) is 0 Å². The standard InChI is InChI=1S/C9H13FO2/c10-9(8(11)12)6-4-2-1-3-5-7-9/h4,6H,1-3,5,7H2,(H,11,12). The van der Waals surface area contributed by atoms with Gasteiger partial charge in [-0.2, -0.15) is 0 Å². The third kappa shape index (κ3) is 2.06. The van der Waals surface area contributed by atoms with Crippen LogP contribution in [0.15, 0.2) is 12.2 Å². The first kappa shape index (κ1) is 9.23. The van der Waals surface area contributed by atoms with Crippen molar-refractivity contribution in [2.24, 2.45) is 0 Å². The van der Waals surface area contributed by atoms with E-state index in [1.165, 1.54) is 6.08 Å². The number of rotatable bonds is 1. The monoisotopic (exact) mass is 172 g/mol. The lowest BCUT2D eigenvalue weighted by Gasteiger charge is -2.17. The Bertz CT molecular complexity index is 201. The molecule has 0 bridgehead atoms. The number of carboxylic acids is 1. The van der Waals surface area contributed by atoms with Crippen molar-refractivity contribution in [2.75, 3.05) is 0 Å². The van der Waals surface area contributed by atoms with Crippen LogP contribution >= 0.6 is 0 Å². The Morgan fingerprint density at radius 1 is 1.42 bits per heavy atom. The molecule has 0 aromatic heterocycles. The van der Waals surface area contributed by atoms with Crippen molar-refractivity contribution in [1.29, 1.82) is 0 Å². The maximum Gasteiger partial charge on any atom is 0.345 e. The predicted molar refractivity (Wildman–Crippen MR) is 43.7 cm³/mol. The van der Waals surface area contributed by atoms with Crippen LogP contribution in [0.25, 0.3) is 0 Å². The molecule has 1 aliphatic carbocycles. The van der Waals surface area contributed by atoms with Gasteiger partial charge >= 0.3 is 5.97 Å². The Morgan fingerprint density at radius 2 is 2.17 bits per heavy atom. The summed E-state index contributed by atoms with van der Waals surface area (Å²) in [6.45, 7) is 0. The Hall–Kier alpha value is -0.860. The second-order valence-corrected chi connectivity index (χ2v) is 3.17. The minimum absolute atomic E-state index is 0.110. The number of alkyl halides is 1. The van der Waals surface area contributed by atoms with E-state index in [0.29, 0.717) is 6.42 Å². The minimum Gasteiger partial charge on any atom is -0.479 e. The number of hydrogen-bond donors (Lipinski definition) is 1. The average molecular weight is 172 g/mol. The summed E-state index contributed by atoms with van der Waals surface area (Å²) in [5.74, 6) is -1.36. The molecule has 0 saturated carbocycles. The highest BCUT2D eigenvalue weighted by atomic mass is 19.1. The molecule has 1 unspecified atom stereocenters. The van der Waals surface area contributed by atoms with Gasteiger partial charge in [-0.25, -0.2) is 9.18 Å². The fourth-order valence-corrected chi connectivity index (χ4v) is 1.35. The number of carbonyl (C=O) groups is 1. The molecule has 2 nitrogen and oxygen atoms in total. The molecule has 0 radical (unpaired) electrons. The van der Waals surface area contributed by atoms with E-state index >= 15 is 0 Å². The third-order valence-corrected chi connectivity index (χ3v) is 2.15. The second-order valence-electron chi connectivity index (χ2n) is 3.17. The Labute approximate surface area is 71.1 Å². The van der Waals surface area contributed by atoms with Crippen LogP contribution in [0.1, 0.15) is 32.1 Å². The van der Waals surface area contributed by atoms with Crippen molar-refractivity contribution in [1.82, 2.24) is 0 Å². The summed E-state index contributed by atoms with van der Waals surface area (Å²) in [4.78, 5) is 10.5. The summed E-state index contributed by atoms with van der Waals surface area (Å²) in [5, 5.41) is 8.59. The Balaban J connectivity index is 2.71. The van der Waals surface area contributed by atoms with Crippen LogP contribution in [-0.2, 0) is 4.79 Å². The summed E-state index contributed by atoms with van der Waals surface area (Å²) < 4.78 is 13.4. The first-order valence-electron chi connectivity index (χ1n) is 4.25. The number of aliphatic carboxylic acids is 1. The van der Waals surface area contributed by atoms with Crippen LogP contribution in [0.4, 0.5) is 4.39 Å². The minimum atomic E-state index is -2.11. The van der Waals surface area contributed by atoms with E-state index in [1.54, 1.807) is 6.08 Å². The van der Waals surface area contributed by atoms with Crippen LogP contribution in [0.5, 0.6) is 0 Å². The van der Waals surface area contributed by atoms with Crippen molar-refractivity contribution < 1.29 is 14.3 Å². The van der Waals surface area contributed by atoms with E-state index in [0.717, 1.165) is 19.3 Å². The second kappa shape index (κ2) is 3.70. The third-order valence-electron chi connectivity index (χ3n) is 2.15. The maximum absolute atomic E-state index is 13.4.